The summed E-state index contributed by atoms with van der Waals surface area (Å²) in [6, 6.07) is 6.50. The Morgan fingerprint density at radius 2 is 2.14 bits per heavy atom. The summed E-state index contributed by atoms with van der Waals surface area (Å²) in [5.41, 5.74) is 2.35. The van der Waals surface area contributed by atoms with Crippen molar-refractivity contribution in [2.45, 2.75) is 58.2 Å². The van der Waals surface area contributed by atoms with Crippen molar-refractivity contribution < 1.29 is 4.39 Å². The molecule has 2 atom stereocenters. The highest BCUT2D eigenvalue weighted by atomic mass is 19.1. The van der Waals surface area contributed by atoms with E-state index in [2.05, 4.69) is 17.1 Å². The zero-order valence-electron chi connectivity index (χ0n) is 13.2. The lowest BCUT2D eigenvalue weighted by atomic mass is 10.00. The van der Waals surface area contributed by atoms with Gasteiger partial charge in [-0.1, -0.05) is 19.4 Å². The van der Waals surface area contributed by atoms with Crippen molar-refractivity contribution in [3.05, 3.63) is 35.1 Å². The minimum atomic E-state index is -0.127. The second-order valence-corrected chi connectivity index (χ2v) is 6.79. The van der Waals surface area contributed by atoms with Gasteiger partial charge in [0.25, 0.3) is 0 Å². The van der Waals surface area contributed by atoms with E-state index in [1.165, 1.54) is 31.2 Å². The fourth-order valence-corrected chi connectivity index (χ4v) is 3.56. The van der Waals surface area contributed by atoms with E-state index < -0.39 is 0 Å². The quantitative estimate of drug-likeness (QED) is 0.893. The van der Waals surface area contributed by atoms with Crippen molar-refractivity contribution in [1.82, 2.24) is 10.2 Å². The van der Waals surface area contributed by atoms with Crippen LogP contribution in [0, 0.1) is 18.7 Å². The molecule has 0 aromatic heterocycles. The third kappa shape index (κ3) is 3.64. The maximum atomic E-state index is 13.3. The third-order valence-electron chi connectivity index (χ3n) is 5.05. The van der Waals surface area contributed by atoms with Crippen molar-refractivity contribution >= 4 is 0 Å². The van der Waals surface area contributed by atoms with Crippen LogP contribution in [0.1, 0.15) is 43.7 Å². The van der Waals surface area contributed by atoms with Gasteiger partial charge in [-0.15, -0.1) is 0 Å². The summed E-state index contributed by atoms with van der Waals surface area (Å²) in [5, 5.41) is 3.75. The maximum absolute atomic E-state index is 13.3. The van der Waals surface area contributed by atoms with Crippen LogP contribution in [0.25, 0.3) is 0 Å². The molecule has 21 heavy (non-hydrogen) atoms. The Morgan fingerprint density at radius 3 is 2.81 bits per heavy atom. The van der Waals surface area contributed by atoms with Crippen molar-refractivity contribution in [2.75, 3.05) is 13.1 Å². The number of hydrogen-bond acceptors (Lipinski definition) is 2. The molecule has 2 fully saturated rings. The van der Waals surface area contributed by atoms with E-state index in [9.17, 15) is 4.39 Å². The Balaban J connectivity index is 1.71. The van der Waals surface area contributed by atoms with Gasteiger partial charge >= 0.3 is 0 Å². The number of nitrogens with one attached hydrogen (secondary N) is 1. The number of halogens is 1. The highest BCUT2D eigenvalue weighted by Gasteiger charge is 2.36. The fraction of sp³-hybridized carbons (Fsp3) is 0.667. The number of nitrogens with zero attached hydrogens (tertiary/aromatic N) is 1. The summed E-state index contributed by atoms with van der Waals surface area (Å²) in [6.07, 6.45) is 5.24. The highest BCUT2D eigenvalue weighted by Crippen LogP contribution is 2.35. The SMILES string of the molecule is CCCC1CNC(C2CC2)CN1Cc1ccc(F)cc1C. The minimum Gasteiger partial charge on any atom is -0.311 e. The molecule has 116 valence electrons. The number of hydrogen-bond donors (Lipinski definition) is 1. The summed E-state index contributed by atoms with van der Waals surface area (Å²) in [7, 11) is 0. The first-order chi connectivity index (χ1) is 10.2. The van der Waals surface area contributed by atoms with Crippen LogP contribution in [0.2, 0.25) is 0 Å². The van der Waals surface area contributed by atoms with Gasteiger partial charge in [-0.3, -0.25) is 4.90 Å². The summed E-state index contributed by atoms with van der Waals surface area (Å²) >= 11 is 0. The molecule has 1 saturated carbocycles. The standard InChI is InChI=1S/C18H27FN2/c1-3-4-17-10-20-18(14-5-6-14)12-21(17)11-15-7-8-16(19)9-13(15)2/h7-9,14,17-18,20H,3-6,10-12H2,1-2H3. The van der Waals surface area contributed by atoms with Crippen LogP contribution in [-0.4, -0.2) is 30.1 Å². The van der Waals surface area contributed by atoms with E-state index in [-0.39, 0.29) is 5.82 Å². The molecule has 0 amide bonds. The van der Waals surface area contributed by atoms with Crippen LogP contribution < -0.4 is 5.32 Å². The first kappa shape index (κ1) is 15.0. The lowest BCUT2D eigenvalue weighted by Crippen LogP contribution is -2.56. The molecule has 0 radical (unpaired) electrons. The first-order valence-electron chi connectivity index (χ1n) is 8.40. The molecular weight excluding hydrogens is 263 g/mol. The van der Waals surface area contributed by atoms with Crippen LogP contribution in [0.3, 0.4) is 0 Å². The van der Waals surface area contributed by atoms with E-state index in [4.69, 9.17) is 0 Å². The molecule has 1 aromatic carbocycles. The van der Waals surface area contributed by atoms with Gasteiger partial charge in [0, 0.05) is 31.7 Å². The van der Waals surface area contributed by atoms with E-state index in [1.807, 2.05) is 13.0 Å². The van der Waals surface area contributed by atoms with Crippen LogP contribution in [0.15, 0.2) is 18.2 Å². The van der Waals surface area contributed by atoms with Crippen molar-refractivity contribution in [3.8, 4) is 0 Å². The van der Waals surface area contributed by atoms with Gasteiger partial charge in [0.1, 0.15) is 5.82 Å². The molecule has 2 nitrogen and oxygen atoms in total. The van der Waals surface area contributed by atoms with Crippen LogP contribution in [0.4, 0.5) is 4.39 Å². The Labute approximate surface area is 127 Å². The van der Waals surface area contributed by atoms with Crippen LogP contribution >= 0.6 is 0 Å². The Bertz CT molecular complexity index is 484. The second kappa shape index (κ2) is 6.45. The maximum Gasteiger partial charge on any atom is 0.123 e. The molecule has 1 saturated heterocycles. The zero-order chi connectivity index (χ0) is 14.8. The van der Waals surface area contributed by atoms with Crippen LogP contribution in [-0.2, 0) is 6.54 Å². The van der Waals surface area contributed by atoms with E-state index >= 15 is 0 Å². The van der Waals surface area contributed by atoms with Gasteiger partial charge in [0.05, 0.1) is 0 Å². The molecule has 1 heterocycles. The Kier molecular flexibility index (Phi) is 4.60. The summed E-state index contributed by atoms with van der Waals surface area (Å²) < 4.78 is 13.3. The van der Waals surface area contributed by atoms with E-state index in [0.29, 0.717) is 12.1 Å². The number of aryl methyl sites for hydroxylation is 1. The molecule has 1 aliphatic carbocycles. The van der Waals surface area contributed by atoms with Gasteiger partial charge < -0.3 is 5.32 Å². The zero-order valence-corrected chi connectivity index (χ0v) is 13.2. The molecule has 1 aromatic rings. The molecule has 1 aliphatic heterocycles. The third-order valence-corrected chi connectivity index (χ3v) is 5.05. The normalized spacial score (nSPS) is 27.0. The van der Waals surface area contributed by atoms with Crippen molar-refractivity contribution in [1.29, 1.82) is 0 Å². The largest absolute Gasteiger partial charge is 0.311 e. The van der Waals surface area contributed by atoms with Gasteiger partial charge in [-0.25, -0.2) is 4.39 Å². The summed E-state index contributed by atoms with van der Waals surface area (Å²) in [5.74, 6) is 0.766. The predicted octanol–water partition coefficient (Wildman–Crippen LogP) is 3.49. The molecule has 0 bridgehead atoms. The van der Waals surface area contributed by atoms with E-state index in [1.54, 1.807) is 12.1 Å². The second-order valence-electron chi connectivity index (χ2n) is 6.79. The van der Waals surface area contributed by atoms with Gasteiger partial charge in [0.15, 0.2) is 0 Å². The average Bonchev–Trinajstić information content (AvgIpc) is 3.28. The van der Waals surface area contributed by atoms with E-state index in [0.717, 1.165) is 31.1 Å². The number of rotatable bonds is 5. The van der Waals surface area contributed by atoms with Crippen molar-refractivity contribution in [3.63, 3.8) is 0 Å². The van der Waals surface area contributed by atoms with Crippen molar-refractivity contribution in [2.24, 2.45) is 5.92 Å². The monoisotopic (exact) mass is 290 g/mol. The molecular formula is C18H27FN2. The number of benzene rings is 1. The van der Waals surface area contributed by atoms with Gasteiger partial charge in [-0.2, -0.15) is 0 Å². The highest BCUT2D eigenvalue weighted by molar-refractivity contribution is 5.26. The van der Waals surface area contributed by atoms with Crippen LogP contribution in [0.5, 0.6) is 0 Å². The predicted molar refractivity (Wildman–Crippen MR) is 84.8 cm³/mol. The lowest BCUT2D eigenvalue weighted by molar-refractivity contribution is 0.108. The summed E-state index contributed by atoms with van der Waals surface area (Å²) in [4.78, 5) is 2.63. The van der Waals surface area contributed by atoms with Gasteiger partial charge in [0.2, 0.25) is 0 Å². The average molecular weight is 290 g/mol. The smallest absolute Gasteiger partial charge is 0.123 e. The molecule has 0 spiro atoms. The fourth-order valence-electron chi connectivity index (χ4n) is 3.56. The molecule has 2 aliphatic rings. The first-order valence-corrected chi connectivity index (χ1v) is 8.40. The Hall–Kier alpha value is -0.930. The molecule has 3 rings (SSSR count). The topological polar surface area (TPSA) is 15.3 Å². The minimum absolute atomic E-state index is 0.127. The molecule has 3 heteroatoms. The summed E-state index contributed by atoms with van der Waals surface area (Å²) in [6.45, 7) is 7.49. The number of piperazine rings is 1. The Morgan fingerprint density at radius 1 is 1.33 bits per heavy atom. The molecule has 2 unspecified atom stereocenters. The molecule has 1 N–H and O–H groups in total. The van der Waals surface area contributed by atoms with Gasteiger partial charge in [-0.05, 0) is 55.4 Å². The lowest BCUT2D eigenvalue weighted by Gasteiger charge is -2.41.